The Kier molecular flexibility index (Phi) is 10.1. The Morgan fingerprint density at radius 1 is 1.02 bits per heavy atom. The molecule has 47 heavy (non-hydrogen) atoms. The van der Waals surface area contributed by atoms with E-state index in [1.54, 1.807) is 23.1 Å². The average Bonchev–Trinajstić information content (AvgIpc) is 3.46. The third-order valence-electron chi connectivity index (χ3n) is 10.2. The number of rotatable bonds is 7. The molecule has 6 rings (SSSR count). The van der Waals surface area contributed by atoms with Crippen molar-refractivity contribution in [3.63, 3.8) is 0 Å². The van der Waals surface area contributed by atoms with E-state index >= 15 is 0 Å². The van der Waals surface area contributed by atoms with E-state index in [-0.39, 0.29) is 37.3 Å². The maximum Gasteiger partial charge on any atom is 0.313 e. The fourth-order valence-electron chi connectivity index (χ4n) is 7.66. The number of nitrogens with one attached hydrogen (secondary N) is 1. The maximum absolute atomic E-state index is 14.7. The number of hydrogen-bond acceptors (Lipinski definition) is 9. The molecule has 7 atom stereocenters. The molecule has 1 aromatic rings. The predicted molar refractivity (Wildman–Crippen MR) is 171 cm³/mol. The number of allylic oxidation sites excluding steroid dienone is 1. The lowest BCUT2D eigenvalue weighted by Crippen LogP contribution is -2.59. The third-order valence-corrected chi connectivity index (χ3v) is 10.2. The second kappa shape index (κ2) is 14.3. The number of ether oxygens (including phenoxy) is 3. The summed E-state index contributed by atoms with van der Waals surface area (Å²) < 4.78 is 18.4. The van der Waals surface area contributed by atoms with Gasteiger partial charge in [-0.25, -0.2) is 0 Å². The Morgan fingerprint density at radius 2 is 1.79 bits per heavy atom. The van der Waals surface area contributed by atoms with Gasteiger partial charge in [0.1, 0.15) is 23.7 Å². The van der Waals surface area contributed by atoms with Crippen LogP contribution in [-0.4, -0.2) is 126 Å². The van der Waals surface area contributed by atoms with Crippen LogP contribution in [0.4, 0.5) is 0 Å². The van der Waals surface area contributed by atoms with Crippen LogP contribution in [0.5, 0.6) is 0 Å². The lowest BCUT2D eigenvalue weighted by Gasteiger charge is -2.40. The highest BCUT2D eigenvalue weighted by Gasteiger charge is 2.72. The molecule has 12 heteroatoms. The number of likely N-dealkylation sites (tertiary alicyclic amines) is 1. The molecule has 3 saturated heterocycles. The summed E-state index contributed by atoms with van der Waals surface area (Å²) in [6.07, 6.45) is 6.16. The number of carbonyl (C=O) groups is 4. The SMILES string of the molecule is CC(C)[C@H](CO)N1C(=O)[C@@H]2[C@H]3C(=O)O[C@H](c4ccccc4)CNC(=O)CC/C=C\[C@H]3O[C@@]23C=CCN(CCN2CCOCC2)C(=O)[C@@H]13. The highest BCUT2D eigenvalue weighted by molar-refractivity contribution is 5.99. The summed E-state index contributed by atoms with van der Waals surface area (Å²) in [7, 11) is 0. The lowest BCUT2D eigenvalue weighted by molar-refractivity contribution is -0.161. The van der Waals surface area contributed by atoms with Gasteiger partial charge in [-0.05, 0) is 17.9 Å². The molecule has 1 aromatic carbocycles. The smallest absolute Gasteiger partial charge is 0.313 e. The molecule has 0 saturated carbocycles. The van der Waals surface area contributed by atoms with Crippen LogP contribution in [0.25, 0.3) is 0 Å². The van der Waals surface area contributed by atoms with E-state index in [1.807, 2.05) is 50.3 Å². The molecule has 0 aromatic heterocycles. The minimum Gasteiger partial charge on any atom is -0.455 e. The molecule has 1 spiro atoms. The van der Waals surface area contributed by atoms with Gasteiger partial charge in [0.2, 0.25) is 17.7 Å². The highest BCUT2D eigenvalue weighted by atomic mass is 16.6. The number of amides is 3. The number of nitrogens with zero attached hydrogens (tertiary/aromatic N) is 3. The Balaban J connectivity index is 1.38. The van der Waals surface area contributed by atoms with Gasteiger partial charge in [0.25, 0.3) is 0 Å². The Morgan fingerprint density at radius 3 is 2.51 bits per heavy atom. The summed E-state index contributed by atoms with van der Waals surface area (Å²) in [6, 6.07) is 7.41. The number of aliphatic hydroxyl groups is 1. The summed E-state index contributed by atoms with van der Waals surface area (Å²) in [4.78, 5) is 61.7. The molecular formula is C35H46N4O8. The van der Waals surface area contributed by atoms with Crippen LogP contribution in [0.15, 0.2) is 54.6 Å². The van der Waals surface area contributed by atoms with Gasteiger partial charge in [0.15, 0.2) is 0 Å². The number of morpholine rings is 1. The first kappa shape index (κ1) is 33.3. The van der Waals surface area contributed by atoms with E-state index in [0.717, 1.165) is 13.1 Å². The lowest BCUT2D eigenvalue weighted by atomic mass is 9.78. The summed E-state index contributed by atoms with van der Waals surface area (Å²) in [5, 5.41) is 13.4. The van der Waals surface area contributed by atoms with Crippen molar-refractivity contribution in [2.75, 3.05) is 59.1 Å². The van der Waals surface area contributed by atoms with E-state index in [1.165, 1.54) is 4.90 Å². The van der Waals surface area contributed by atoms with E-state index in [0.29, 0.717) is 44.8 Å². The first-order chi connectivity index (χ1) is 22.7. The van der Waals surface area contributed by atoms with E-state index < -0.39 is 53.6 Å². The molecule has 2 N–H and O–H groups in total. The van der Waals surface area contributed by atoms with E-state index in [4.69, 9.17) is 14.2 Å². The van der Waals surface area contributed by atoms with Gasteiger partial charge in [-0.1, -0.05) is 68.5 Å². The molecule has 0 radical (unpaired) electrons. The van der Waals surface area contributed by atoms with Gasteiger partial charge in [-0.15, -0.1) is 0 Å². The molecule has 5 heterocycles. The minimum atomic E-state index is -1.46. The van der Waals surface area contributed by atoms with Crippen molar-refractivity contribution in [1.29, 1.82) is 0 Å². The molecule has 3 amide bonds. The Hall–Kier alpha value is -3.58. The van der Waals surface area contributed by atoms with E-state index in [2.05, 4.69) is 10.2 Å². The number of benzene rings is 1. The second-order valence-corrected chi connectivity index (χ2v) is 13.3. The Bertz CT molecular complexity index is 1380. The van der Waals surface area contributed by atoms with Crippen molar-refractivity contribution >= 4 is 23.7 Å². The first-order valence-electron chi connectivity index (χ1n) is 16.8. The van der Waals surface area contributed by atoms with E-state index in [9.17, 15) is 24.3 Å². The monoisotopic (exact) mass is 650 g/mol. The van der Waals surface area contributed by atoms with Crippen molar-refractivity contribution in [2.45, 2.75) is 56.6 Å². The number of fused-ring (bicyclic) bond motifs is 2. The van der Waals surface area contributed by atoms with Gasteiger partial charge in [-0.2, -0.15) is 0 Å². The average molecular weight is 651 g/mol. The van der Waals surface area contributed by atoms with Gasteiger partial charge >= 0.3 is 5.97 Å². The van der Waals surface area contributed by atoms with Gasteiger partial charge in [-0.3, -0.25) is 24.1 Å². The number of cyclic esters (lactones) is 1. The van der Waals surface area contributed by atoms with Crippen molar-refractivity contribution in [3.8, 4) is 0 Å². The zero-order valence-electron chi connectivity index (χ0n) is 27.2. The van der Waals surface area contributed by atoms with Crippen molar-refractivity contribution < 1.29 is 38.5 Å². The molecule has 0 aliphatic carbocycles. The van der Waals surface area contributed by atoms with Crippen molar-refractivity contribution in [1.82, 2.24) is 20.0 Å². The molecule has 3 fully saturated rings. The number of hydrogen-bond donors (Lipinski definition) is 2. The van der Waals surface area contributed by atoms with Crippen LogP contribution in [-0.2, 0) is 33.4 Å². The summed E-state index contributed by atoms with van der Waals surface area (Å²) in [5.74, 6) is -3.79. The normalized spacial score (nSPS) is 33.2. The molecule has 0 unspecified atom stereocenters. The quantitative estimate of drug-likeness (QED) is 0.328. The molecule has 254 valence electrons. The van der Waals surface area contributed by atoms with Crippen molar-refractivity contribution in [3.05, 3.63) is 60.2 Å². The van der Waals surface area contributed by atoms with Gasteiger partial charge in [0.05, 0.1) is 44.4 Å². The highest BCUT2D eigenvalue weighted by Crippen LogP contribution is 2.54. The topological polar surface area (TPSA) is 138 Å². The predicted octanol–water partition coefficient (Wildman–Crippen LogP) is 1.07. The molecule has 12 nitrogen and oxygen atoms in total. The minimum absolute atomic E-state index is 0.0749. The number of aliphatic hydroxyl groups excluding tert-OH is 1. The molecule has 0 bridgehead atoms. The standard InChI is InChI=1S/C35H46N4O8/c1-23(2)25(22-40)39-31-33(43)38(16-15-37-17-19-45-20-18-37)14-8-13-35(31)30(32(39)42)29-26(47-35)11-6-7-12-28(41)36-21-27(46-34(29)44)24-9-4-3-5-10-24/h3-6,8-11,13,23,25-27,29-31,40H,7,12,14-22H2,1-2H3,(H,36,41)/b11-6-/t25-,26+,27-,29-,30-,31+,35-/m0/s1. The van der Waals surface area contributed by atoms with Crippen LogP contribution in [0.3, 0.4) is 0 Å². The largest absolute Gasteiger partial charge is 0.455 e. The fraction of sp³-hybridized carbons (Fsp3) is 0.600. The summed E-state index contributed by atoms with van der Waals surface area (Å²) in [6.45, 7) is 7.81. The van der Waals surface area contributed by atoms with Crippen LogP contribution >= 0.6 is 0 Å². The molecule has 5 aliphatic heterocycles. The van der Waals surface area contributed by atoms with Gasteiger partial charge < -0.3 is 34.4 Å². The summed E-state index contributed by atoms with van der Waals surface area (Å²) in [5.41, 5.74) is -0.754. The number of esters is 1. The zero-order valence-corrected chi connectivity index (χ0v) is 27.2. The molecule has 5 aliphatic rings. The Labute approximate surface area is 275 Å². The molecular weight excluding hydrogens is 604 g/mol. The zero-order chi connectivity index (χ0) is 33.1. The third kappa shape index (κ3) is 6.48. The maximum atomic E-state index is 14.7. The first-order valence-corrected chi connectivity index (χ1v) is 16.8. The van der Waals surface area contributed by atoms with Crippen LogP contribution < -0.4 is 5.32 Å². The van der Waals surface area contributed by atoms with Crippen LogP contribution in [0.1, 0.15) is 38.4 Å². The second-order valence-electron chi connectivity index (χ2n) is 13.3. The van der Waals surface area contributed by atoms with Crippen LogP contribution in [0.2, 0.25) is 0 Å². The van der Waals surface area contributed by atoms with Crippen LogP contribution in [0, 0.1) is 17.8 Å². The fourth-order valence-corrected chi connectivity index (χ4v) is 7.66. The van der Waals surface area contributed by atoms with Gasteiger partial charge in [0, 0.05) is 39.1 Å². The number of carbonyl (C=O) groups excluding carboxylic acids is 4. The van der Waals surface area contributed by atoms with Crippen molar-refractivity contribution in [2.24, 2.45) is 17.8 Å². The summed E-state index contributed by atoms with van der Waals surface area (Å²) >= 11 is 0.